The minimum absolute atomic E-state index is 0.338. The van der Waals surface area contributed by atoms with Gasteiger partial charge in [0.1, 0.15) is 5.75 Å². The predicted molar refractivity (Wildman–Crippen MR) is 76.5 cm³/mol. The van der Waals surface area contributed by atoms with Gasteiger partial charge in [-0.15, -0.1) is 0 Å². The molecule has 0 aliphatic carbocycles. The number of likely N-dealkylation sites (tertiary alicyclic amines) is 1. The first-order chi connectivity index (χ1) is 8.95. The number of aryl methyl sites for hydroxylation is 1. The Morgan fingerprint density at radius 2 is 2.11 bits per heavy atom. The van der Waals surface area contributed by atoms with E-state index < -0.39 is 0 Å². The number of benzene rings is 1. The molecular formula is C16H23NO2. The first-order valence-corrected chi connectivity index (χ1v) is 6.87. The molecular weight excluding hydrogens is 238 g/mol. The van der Waals surface area contributed by atoms with E-state index in [1.165, 1.54) is 5.56 Å². The van der Waals surface area contributed by atoms with E-state index in [9.17, 15) is 4.79 Å². The van der Waals surface area contributed by atoms with E-state index in [0.29, 0.717) is 12.2 Å². The zero-order valence-corrected chi connectivity index (χ0v) is 12.3. The molecule has 0 spiro atoms. The molecule has 1 heterocycles. The summed E-state index contributed by atoms with van der Waals surface area (Å²) in [4.78, 5) is 14.3. The van der Waals surface area contributed by atoms with Crippen molar-refractivity contribution in [2.45, 2.75) is 45.7 Å². The number of ether oxygens (including phenoxy) is 1. The molecule has 0 bridgehead atoms. The maximum absolute atomic E-state index is 12.1. The Kier molecular flexibility index (Phi) is 3.95. The smallest absolute Gasteiger partial charge is 0.152 e. The average molecular weight is 261 g/mol. The van der Waals surface area contributed by atoms with Crippen LogP contribution in [0.2, 0.25) is 0 Å². The van der Waals surface area contributed by atoms with E-state index >= 15 is 0 Å². The molecule has 2 rings (SSSR count). The Labute approximate surface area is 115 Å². The lowest BCUT2D eigenvalue weighted by atomic mass is 9.88. The van der Waals surface area contributed by atoms with E-state index in [0.717, 1.165) is 30.8 Å². The summed E-state index contributed by atoms with van der Waals surface area (Å²) in [5.41, 5.74) is 2.01. The summed E-state index contributed by atoms with van der Waals surface area (Å²) in [6.07, 6.45) is 1.66. The highest BCUT2D eigenvalue weighted by Gasteiger charge is 2.37. The number of Topliss-reactive ketones (excluding diaryl/α,β-unsaturated/α-hetero) is 1. The third-order valence-corrected chi connectivity index (χ3v) is 4.10. The van der Waals surface area contributed by atoms with Crippen LogP contribution in [0.1, 0.15) is 37.8 Å². The van der Waals surface area contributed by atoms with Gasteiger partial charge in [0.15, 0.2) is 5.78 Å². The first kappa shape index (κ1) is 14.1. The van der Waals surface area contributed by atoms with Crippen LogP contribution in [0, 0.1) is 6.92 Å². The molecule has 3 nitrogen and oxygen atoms in total. The predicted octanol–water partition coefficient (Wildman–Crippen LogP) is 2.95. The van der Waals surface area contributed by atoms with Crippen molar-refractivity contribution in [1.29, 1.82) is 0 Å². The van der Waals surface area contributed by atoms with Gasteiger partial charge >= 0.3 is 0 Å². The molecule has 104 valence electrons. The van der Waals surface area contributed by atoms with Gasteiger partial charge in [-0.1, -0.05) is 17.7 Å². The van der Waals surface area contributed by atoms with Crippen LogP contribution in [-0.2, 0) is 11.3 Å². The number of rotatable bonds is 3. The average Bonchev–Trinajstić information content (AvgIpc) is 2.36. The molecule has 0 unspecified atom stereocenters. The number of nitrogens with zero attached hydrogens (tertiary/aromatic N) is 1. The Morgan fingerprint density at radius 1 is 1.37 bits per heavy atom. The SMILES string of the molecule is COc1ccc(C)cc1CN1CCCC(=O)C1(C)C. The van der Waals surface area contributed by atoms with Crippen molar-refractivity contribution >= 4 is 5.78 Å². The van der Waals surface area contributed by atoms with Crippen molar-refractivity contribution in [3.8, 4) is 5.75 Å². The molecule has 1 aromatic carbocycles. The summed E-state index contributed by atoms with van der Waals surface area (Å²) in [6.45, 7) is 7.86. The lowest BCUT2D eigenvalue weighted by Gasteiger charge is -2.41. The van der Waals surface area contributed by atoms with Crippen molar-refractivity contribution in [3.05, 3.63) is 29.3 Å². The van der Waals surface area contributed by atoms with E-state index in [1.807, 2.05) is 19.9 Å². The summed E-state index contributed by atoms with van der Waals surface area (Å²) < 4.78 is 5.43. The monoisotopic (exact) mass is 261 g/mol. The molecule has 0 atom stereocenters. The van der Waals surface area contributed by atoms with Gasteiger partial charge in [-0.25, -0.2) is 0 Å². The van der Waals surface area contributed by atoms with E-state index in [4.69, 9.17) is 4.74 Å². The van der Waals surface area contributed by atoms with Crippen molar-refractivity contribution in [3.63, 3.8) is 0 Å². The van der Waals surface area contributed by atoms with Crippen LogP contribution in [0.25, 0.3) is 0 Å². The van der Waals surface area contributed by atoms with Gasteiger partial charge < -0.3 is 4.74 Å². The second-order valence-electron chi connectivity index (χ2n) is 5.82. The number of carbonyl (C=O) groups is 1. The number of carbonyl (C=O) groups excluding carboxylic acids is 1. The summed E-state index contributed by atoms with van der Waals surface area (Å²) in [5, 5.41) is 0. The largest absolute Gasteiger partial charge is 0.496 e. The first-order valence-electron chi connectivity index (χ1n) is 6.87. The van der Waals surface area contributed by atoms with Crippen molar-refractivity contribution in [2.24, 2.45) is 0 Å². The Morgan fingerprint density at radius 3 is 2.79 bits per heavy atom. The molecule has 0 saturated carbocycles. The fraction of sp³-hybridized carbons (Fsp3) is 0.562. The van der Waals surface area contributed by atoms with Gasteiger partial charge in [0.25, 0.3) is 0 Å². The molecule has 0 N–H and O–H groups in total. The normalized spacial score (nSPS) is 19.5. The topological polar surface area (TPSA) is 29.5 Å². The third kappa shape index (κ3) is 2.81. The molecule has 0 radical (unpaired) electrons. The van der Waals surface area contributed by atoms with E-state index in [-0.39, 0.29) is 5.54 Å². The van der Waals surface area contributed by atoms with E-state index in [1.54, 1.807) is 7.11 Å². The van der Waals surface area contributed by atoms with Crippen LogP contribution in [0.5, 0.6) is 5.75 Å². The molecule has 3 heteroatoms. The molecule has 1 aromatic rings. The van der Waals surface area contributed by atoms with Crippen molar-refractivity contribution in [1.82, 2.24) is 4.90 Å². The van der Waals surface area contributed by atoms with Gasteiger partial charge in [0.05, 0.1) is 12.6 Å². The van der Waals surface area contributed by atoms with Crippen LogP contribution < -0.4 is 4.74 Å². The van der Waals surface area contributed by atoms with Gasteiger partial charge in [-0.2, -0.15) is 0 Å². The minimum atomic E-state index is -0.368. The van der Waals surface area contributed by atoms with Gasteiger partial charge in [0.2, 0.25) is 0 Å². The Hall–Kier alpha value is -1.35. The number of ketones is 1. The van der Waals surface area contributed by atoms with Gasteiger partial charge in [-0.05, 0) is 39.8 Å². The Bertz CT molecular complexity index is 480. The molecule has 1 aliphatic heterocycles. The fourth-order valence-corrected chi connectivity index (χ4v) is 2.71. The summed E-state index contributed by atoms with van der Waals surface area (Å²) in [7, 11) is 1.70. The molecule has 1 aliphatic rings. The van der Waals surface area contributed by atoms with Crippen LogP contribution in [0.3, 0.4) is 0 Å². The maximum Gasteiger partial charge on any atom is 0.152 e. The zero-order chi connectivity index (χ0) is 14.0. The molecule has 1 saturated heterocycles. The quantitative estimate of drug-likeness (QED) is 0.838. The number of hydrogen-bond acceptors (Lipinski definition) is 3. The maximum atomic E-state index is 12.1. The number of piperidine rings is 1. The second-order valence-corrected chi connectivity index (χ2v) is 5.82. The summed E-state index contributed by atoms with van der Waals surface area (Å²) in [6, 6.07) is 6.20. The number of methoxy groups -OCH3 is 1. The summed E-state index contributed by atoms with van der Waals surface area (Å²) in [5.74, 6) is 1.24. The lowest BCUT2D eigenvalue weighted by molar-refractivity contribution is -0.133. The Balaban J connectivity index is 2.25. The molecule has 0 amide bonds. The van der Waals surface area contributed by atoms with Crippen LogP contribution in [-0.4, -0.2) is 29.9 Å². The highest BCUT2D eigenvalue weighted by molar-refractivity contribution is 5.88. The van der Waals surface area contributed by atoms with Gasteiger partial charge in [0, 0.05) is 18.5 Å². The zero-order valence-electron chi connectivity index (χ0n) is 12.3. The van der Waals surface area contributed by atoms with Crippen LogP contribution in [0.4, 0.5) is 0 Å². The molecule has 19 heavy (non-hydrogen) atoms. The molecule has 0 aromatic heterocycles. The standard InChI is InChI=1S/C16H23NO2/c1-12-7-8-14(19-4)13(10-12)11-17-9-5-6-15(18)16(17,2)3/h7-8,10H,5-6,9,11H2,1-4H3. The highest BCUT2D eigenvalue weighted by Crippen LogP contribution is 2.29. The van der Waals surface area contributed by atoms with E-state index in [2.05, 4.69) is 24.0 Å². The minimum Gasteiger partial charge on any atom is -0.496 e. The number of hydrogen-bond donors (Lipinski definition) is 0. The fourth-order valence-electron chi connectivity index (χ4n) is 2.71. The third-order valence-electron chi connectivity index (χ3n) is 4.10. The van der Waals surface area contributed by atoms with Crippen molar-refractivity contribution in [2.75, 3.05) is 13.7 Å². The van der Waals surface area contributed by atoms with Crippen molar-refractivity contribution < 1.29 is 9.53 Å². The second kappa shape index (κ2) is 5.33. The van der Waals surface area contributed by atoms with Gasteiger partial charge in [-0.3, -0.25) is 9.69 Å². The van der Waals surface area contributed by atoms with Crippen LogP contribution in [0.15, 0.2) is 18.2 Å². The summed E-state index contributed by atoms with van der Waals surface area (Å²) >= 11 is 0. The highest BCUT2D eigenvalue weighted by atomic mass is 16.5. The van der Waals surface area contributed by atoms with Crippen LogP contribution >= 0.6 is 0 Å². The molecule has 1 fully saturated rings. The lowest BCUT2D eigenvalue weighted by Crippen LogP contribution is -2.53.